The monoisotopic (exact) mass is 220 g/mol. The molecule has 0 amide bonds. The van der Waals surface area contributed by atoms with Gasteiger partial charge in [-0.25, -0.2) is 0 Å². The summed E-state index contributed by atoms with van der Waals surface area (Å²) in [6.45, 7) is 2.60. The molecule has 90 valence electrons. The molecular weight excluding hydrogens is 200 g/mol. The first-order valence-corrected chi connectivity index (χ1v) is 5.02. The maximum atomic E-state index is 11.1. The minimum Gasteiger partial charge on any atom is -0.466 e. The molecule has 0 saturated heterocycles. The largest absolute Gasteiger partial charge is 0.466 e. The van der Waals surface area contributed by atoms with Crippen molar-refractivity contribution in [1.82, 2.24) is 4.90 Å². The van der Waals surface area contributed by atoms with E-state index >= 15 is 0 Å². The first kappa shape index (κ1) is 14.3. The number of nitrogens with two attached hydrogens (primary N) is 1. The minimum absolute atomic E-state index is 0.0590. The molecule has 0 heterocycles. The molecule has 1 atom stereocenters. The second-order valence-electron chi connectivity index (χ2n) is 3.06. The average Bonchev–Trinajstić information content (AvgIpc) is 2.17. The number of nitrogens with zero attached hydrogens (tertiary/aromatic N) is 1. The number of hydrogen-bond donors (Lipinski definition) is 3. The predicted molar refractivity (Wildman–Crippen MR) is 55.0 cm³/mol. The molecule has 15 heavy (non-hydrogen) atoms. The Labute approximate surface area is 89.6 Å². The molecule has 1 unspecified atom stereocenters. The number of carbonyl (C=O) groups excluding carboxylic acids is 1. The smallest absolute Gasteiger partial charge is 0.308 e. The zero-order chi connectivity index (χ0) is 11.7. The molecule has 0 aromatic rings. The molecule has 0 spiro atoms. The lowest BCUT2D eigenvalue weighted by atomic mass is 10.3. The molecule has 0 aromatic carbocycles. The fraction of sp³-hybridized carbons (Fsp3) is 0.889. The summed E-state index contributed by atoms with van der Waals surface area (Å²) in [5, 5.41) is 17.5. The van der Waals surface area contributed by atoms with E-state index in [9.17, 15) is 4.79 Å². The van der Waals surface area contributed by atoms with Crippen molar-refractivity contribution in [3.63, 3.8) is 0 Å². The van der Waals surface area contributed by atoms with Crippen molar-refractivity contribution in [2.75, 3.05) is 32.9 Å². The van der Waals surface area contributed by atoms with Crippen LogP contribution in [0.5, 0.6) is 0 Å². The maximum absolute atomic E-state index is 11.1. The summed E-state index contributed by atoms with van der Waals surface area (Å²) in [4.78, 5) is 12.7. The highest BCUT2D eigenvalue weighted by atomic mass is 16.5. The van der Waals surface area contributed by atoms with E-state index < -0.39 is 6.17 Å². The van der Waals surface area contributed by atoms with E-state index in [1.165, 1.54) is 0 Å². The molecule has 0 fully saturated rings. The molecule has 0 radical (unpaired) electrons. The summed E-state index contributed by atoms with van der Waals surface area (Å²) in [6, 6.07) is 0. The number of hydrogen-bond acceptors (Lipinski definition) is 6. The van der Waals surface area contributed by atoms with Crippen LogP contribution in [0.3, 0.4) is 0 Å². The minimum atomic E-state index is -0.525. The van der Waals surface area contributed by atoms with E-state index in [4.69, 9.17) is 20.7 Å². The third-order valence-corrected chi connectivity index (χ3v) is 1.92. The predicted octanol–water partition coefficient (Wildman–Crippen LogP) is -1.49. The fourth-order valence-corrected chi connectivity index (χ4v) is 1.22. The first-order valence-electron chi connectivity index (χ1n) is 5.02. The fourth-order valence-electron chi connectivity index (χ4n) is 1.22. The van der Waals surface area contributed by atoms with E-state index in [-0.39, 0.29) is 25.6 Å². The van der Waals surface area contributed by atoms with Crippen LogP contribution in [-0.4, -0.2) is 60.2 Å². The third kappa shape index (κ3) is 6.40. The number of aliphatic hydroxyl groups is 2. The Bertz CT molecular complexity index is 171. The van der Waals surface area contributed by atoms with Crippen LogP contribution in [0.25, 0.3) is 0 Å². The Balaban J connectivity index is 3.99. The number of aliphatic hydroxyl groups excluding tert-OH is 2. The van der Waals surface area contributed by atoms with E-state index in [1.54, 1.807) is 11.8 Å². The van der Waals surface area contributed by atoms with Crippen LogP contribution in [0.1, 0.15) is 13.3 Å². The Morgan fingerprint density at radius 1 is 1.40 bits per heavy atom. The molecule has 4 N–H and O–H groups in total. The molecule has 0 aliphatic heterocycles. The van der Waals surface area contributed by atoms with Crippen molar-refractivity contribution in [2.45, 2.75) is 19.5 Å². The lowest BCUT2D eigenvalue weighted by Gasteiger charge is -2.26. The zero-order valence-electron chi connectivity index (χ0n) is 9.06. The van der Waals surface area contributed by atoms with Gasteiger partial charge >= 0.3 is 5.97 Å². The van der Waals surface area contributed by atoms with E-state index in [0.29, 0.717) is 19.7 Å². The van der Waals surface area contributed by atoms with Crippen LogP contribution < -0.4 is 5.73 Å². The molecular formula is C9H20N2O4. The highest BCUT2D eigenvalue weighted by Gasteiger charge is 2.17. The average molecular weight is 220 g/mol. The van der Waals surface area contributed by atoms with Gasteiger partial charge in [0.2, 0.25) is 0 Å². The maximum Gasteiger partial charge on any atom is 0.308 e. The third-order valence-electron chi connectivity index (χ3n) is 1.92. The topological polar surface area (TPSA) is 96.0 Å². The van der Waals surface area contributed by atoms with Gasteiger partial charge in [0.05, 0.1) is 32.4 Å². The van der Waals surface area contributed by atoms with Gasteiger partial charge in [-0.2, -0.15) is 0 Å². The number of ether oxygens (including phenoxy) is 1. The lowest BCUT2D eigenvalue weighted by molar-refractivity contribution is -0.144. The zero-order valence-corrected chi connectivity index (χ0v) is 9.06. The van der Waals surface area contributed by atoms with E-state index in [0.717, 1.165) is 0 Å². The molecule has 6 heteroatoms. The van der Waals surface area contributed by atoms with Crippen LogP contribution in [0, 0.1) is 0 Å². The van der Waals surface area contributed by atoms with Crippen molar-refractivity contribution in [3.8, 4) is 0 Å². The molecule has 0 aliphatic carbocycles. The number of esters is 1. The van der Waals surface area contributed by atoms with Crippen LogP contribution in [-0.2, 0) is 9.53 Å². The second kappa shape index (κ2) is 8.60. The van der Waals surface area contributed by atoms with Gasteiger partial charge in [-0.05, 0) is 6.92 Å². The second-order valence-corrected chi connectivity index (χ2v) is 3.06. The molecule has 0 aliphatic rings. The quantitative estimate of drug-likeness (QED) is 0.341. The molecule has 0 saturated carbocycles. The Morgan fingerprint density at radius 2 is 1.93 bits per heavy atom. The number of rotatable bonds is 8. The summed E-state index contributed by atoms with van der Waals surface area (Å²) in [5.74, 6) is -0.370. The molecule has 6 nitrogen and oxygen atoms in total. The lowest BCUT2D eigenvalue weighted by Crippen LogP contribution is -2.46. The first-order chi connectivity index (χ1) is 7.15. The van der Waals surface area contributed by atoms with Gasteiger partial charge in [-0.15, -0.1) is 0 Å². The summed E-state index contributed by atoms with van der Waals surface area (Å²) < 4.78 is 4.75. The van der Waals surface area contributed by atoms with Gasteiger partial charge < -0.3 is 20.7 Å². The Hall–Kier alpha value is -0.690. The summed E-state index contributed by atoms with van der Waals surface area (Å²) in [5.41, 5.74) is 5.72. The Morgan fingerprint density at radius 3 is 2.33 bits per heavy atom. The van der Waals surface area contributed by atoms with Gasteiger partial charge in [-0.1, -0.05) is 0 Å². The molecule has 0 rings (SSSR count). The van der Waals surface area contributed by atoms with Crippen LogP contribution in [0.2, 0.25) is 0 Å². The SMILES string of the molecule is CCOC(=O)CC(N)N(CCO)CCO. The van der Waals surface area contributed by atoms with Crippen molar-refractivity contribution in [1.29, 1.82) is 0 Å². The van der Waals surface area contributed by atoms with Crippen molar-refractivity contribution in [3.05, 3.63) is 0 Å². The van der Waals surface area contributed by atoms with Gasteiger partial charge in [0.15, 0.2) is 0 Å². The van der Waals surface area contributed by atoms with Crippen molar-refractivity contribution in [2.24, 2.45) is 5.73 Å². The van der Waals surface area contributed by atoms with Crippen LogP contribution in [0.4, 0.5) is 0 Å². The summed E-state index contributed by atoms with van der Waals surface area (Å²) in [6.07, 6.45) is -0.461. The summed E-state index contributed by atoms with van der Waals surface area (Å²) in [7, 11) is 0. The Kier molecular flexibility index (Phi) is 8.21. The normalized spacial score (nSPS) is 12.9. The van der Waals surface area contributed by atoms with E-state index in [2.05, 4.69) is 0 Å². The number of carbonyl (C=O) groups is 1. The highest BCUT2D eigenvalue weighted by Crippen LogP contribution is 1.99. The van der Waals surface area contributed by atoms with Gasteiger partial charge in [0.1, 0.15) is 0 Å². The van der Waals surface area contributed by atoms with Crippen LogP contribution >= 0.6 is 0 Å². The van der Waals surface area contributed by atoms with Crippen molar-refractivity contribution < 1.29 is 19.7 Å². The summed E-state index contributed by atoms with van der Waals surface area (Å²) >= 11 is 0. The standard InChI is InChI=1S/C9H20N2O4/c1-2-15-9(14)7-8(10)11(3-5-12)4-6-13/h8,12-13H,2-7,10H2,1H3. The van der Waals surface area contributed by atoms with Gasteiger partial charge in [0.25, 0.3) is 0 Å². The molecule has 0 bridgehead atoms. The van der Waals surface area contributed by atoms with Crippen LogP contribution in [0.15, 0.2) is 0 Å². The highest BCUT2D eigenvalue weighted by molar-refractivity contribution is 5.69. The van der Waals surface area contributed by atoms with Gasteiger partial charge in [-0.3, -0.25) is 9.69 Å². The van der Waals surface area contributed by atoms with E-state index in [1.807, 2.05) is 0 Å². The van der Waals surface area contributed by atoms with Crippen molar-refractivity contribution >= 4 is 5.97 Å². The van der Waals surface area contributed by atoms with Gasteiger partial charge in [0, 0.05) is 13.1 Å². The molecule has 0 aromatic heterocycles.